The van der Waals surface area contributed by atoms with Crippen LogP contribution in [0.25, 0.3) is 0 Å². The first-order valence-corrected chi connectivity index (χ1v) is 8.72. The van der Waals surface area contributed by atoms with Gasteiger partial charge < -0.3 is 20.1 Å². The Labute approximate surface area is 160 Å². The number of hydrogen-bond acceptors (Lipinski definition) is 3. The van der Waals surface area contributed by atoms with Crippen molar-refractivity contribution in [3.05, 3.63) is 0 Å². The molecule has 0 bridgehead atoms. The lowest BCUT2D eigenvalue weighted by Gasteiger charge is -2.18. The molecule has 0 saturated heterocycles. The van der Waals surface area contributed by atoms with Gasteiger partial charge in [-0.25, -0.2) is 0 Å². The normalized spacial score (nSPS) is 12.9. The van der Waals surface area contributed by atoms with Crippen molar-refractivity contribution in [2.45, 2.75) is 59.4 Å². The Morgan fingerprint density at radius 2 is 1.65 bits per heavy atom. The first kappa shape index (κ1) is 25.2. The van der Waals surface area contributed by atoms with Crippen LogP contribution in [0.1, 0.15) is 53.4 Å². The average Bonchev–Trinajstić information content (AvgIpc) is 2.50. The van der Waals surface area contributed by atoms with Crippen LogP contribution in [-0.2, 0) is 9.47 Å². The zero-order valence-electron chi connectivity index (χ0n) is 15.7. The number of guanidine groups is 1. The summed E-state index contributed by atoms with van der Waals surface area (Å²) in [4.78, 5) is 4.24. The Morgan fingerprint density at radius 3 is 2.22 bits per heavy atom. The molecule has 0 spiro atoms. The Morgan fingerprint density at radius 1 is 1.00 bits per heavy atom. The number of unbranched alkanes of at least 4 members (excludes halogenated alkanes) is 1. The molecule has 1 unspecified atom stereocenters. The lowest BCUT2D eigenvalue weighted by atomic mass is 10.0. The minimum Gasteiger partial charge on any atom is -0.379 e. The number of nitrogens with zero attached hydrogens (tertiary/aromatic N) is 1. The molecule has 1 atom stereocenters. The van der Waals surface area contributed by atoms with Crippen molar-refractivity contribution in [2.24, 2.45) is 10.9 Å². The van der Waals surface area contributed by atoms with Crippen LogP contribution < -0.4 is 10.6 Å². The van der Waals surface area contributed by atoms with Crippen LogP contribution in [0.4, 0.5) is 0 Å². The summed E-state index contributed by atoms with van der Waals surface area (Å²) < 4.78 is 11.0. The summed E-state index contributed by atoms with van der Waals surface area (Å²) in [6.45, 7) is 12.5. The topological polar surface area (TPSA) is 54.9 Å². The van der Waals surface area contributed by atoms with Crippen molar-refractivity contribution in [1.29, 1.82) is 0 Å². The summed E-state index contributed by atoms with van der Waals surface area (Å²) in [7, 11) is 1.80. The van der Waals surface area contributed by atoms with Gasteiger partial charge in [-0.1, -0.05) is 27.2 Å². The Bertz CT molecular complexity index is 277. The Kier molecular flexibility index (Phi) is 20.0. The number of rotatable bonds is 13. The highest BCUT2D eigenvalue weighted by molar-refractivity contribution is 14.0. The fourth-order valence-electron chi connectivity index (χ4n) is 1.89. The maximum atomic E-state index is 5.52. The lowest BCUT2D eigenvalue weighted by molar-refractivity contribution is 0.0487. The van der Waals surface area contributed by atoms with Crippen molar-refractivity contribution >= 4 is 29.9 Å². The molecule has 23 heavy (non-hydrogen) atoms. The van der Waals surface area contributed by atoms with E-state index in [0.29, 0.717) is 25.9 Å². The summed E-state index contributed by atoms with van der Waals surface area (Å²) in [6, 6.07) is 0.432. The monoisotopic (exact) mass is 443 g/mol. The third kappa shape index (κ3) is 18.1. The molecule has 0 fully saturated rings. The van der Waals surface area contributed by atoms with E-state index in [1.54, 1.807) is 7.05 Å². The summed E-state index contributed by atoms with van der Waals surface area (Å²) >= 11 is 0. The highest BCUT2D eigenvalue weighted by Crippen LogP contribution is 2.06. The molecule has 0 aliphatic carbocycles. The second kappa shape index (κ2) is 18.3. The number of aliphatic imine (C=N–C) groups is 1. The highest BCUT2D eigenvalue weighted by Gasteiger charge is 2.05. The first-order chi connectivity index (χ1) is 10.6. The molecule has 2 N–H and O–H groups in total. The van der Waals surface area contributed by atoms with Crippen LogP contribution in [-0.4, -0.2) is 52.0 Å². The summed E-state index contributed by atoms with van der Waals surface area (Å²) in [6.07, 6.45) is 4.68. The maximum Gasteiger partial charge on any atom is 0.191 e. The van der Waals surface area contributed by atoms with Crippen LogP contribution >= 0.6 is 24.0 Å². The van der Waals surface area contributed by atoms with Gasteiger partial charge in [-0.2, -0.15) is 0 Å². The fourth-order valence-corrected chi connectivity index (χ4v) is 1.89. The molecule has 0 aromatic heterocycles. The molecule has 5 nitrogen and oxygen atoms in total. The molecule has 0 radical (unpaired) electrons. The minimum atomic E-state index is 0. The van der Waals surface area contributed by atoms with Crippen LogP contribution in [0.3, 0.4) is 0 Å². The quantitative estimate of drug-likeness (QED) is 0.198. The Balaban J connectivity index is 0. The standard InChI is InChI=1S/C17H37N3O2.HI/c1-6-7-11-21-13-14-22-12-10-19-17(18-5)20-16(4)9-8-15(2)3;/h15-16H,6-14H2,1-5H3,(H2,18,19,20);1H. The summed E-state index contributed by atoms with van der Waals surface area (Å²) in [5.74, 6) is 1.59. The van der Waals surface area contributed by atoms with Gasteiger partial charge >= 0.3 is 0 Å². The predicted octanol–water partition coefficient (Wildman–Crippen LogP) is 3.43. The van der Waals surface area contributed by atoms with E-state index in [-0.39, 0.29) is 24.0 Å². The van der Waals surface area contributed by atoms with E-state index in [9.17, 15) is 0 Å². The van der Waals surface area contributed by atoms with Gasteiger partial charge in [0.25, 0.3) is 0 Å². The molecule has 0 aromatic rings. The number of nitrogens with one attached hydrogen (secondary N) is 2. The zero-order chi connectivity index (χ0) is 16.6. The largest absolute Gasteiger partial charge is 0.379 e. The van der Waals surface area contributed by atoms with E-state index in [1.807, 2.05) is 0 Å². The second-order valence-electron chi connectivity index (χ2n) is 6.09. The first-order valence-electron chi connectivity index (χ1n) is 8.72. The number of halogens is 1. The summed E-state index contributed by atoms with van der Waals surface area (Å²) in [5, 5.41) is 6.68. The van der Waals surface area contributed by atoms with Crippen LogP contribution in [0, 0.1) is 5.92 Å². The van der Waals surface area contributed by atoms with Gasteiger partial charge in [-0.3, -0.25) is 4.99 Å². The predicted molar refractivity (Wildman–Crippen MR) is 110 cm³/mol. The van der Waals surface area contributed by atoms with Gasteiger partial charge in [0.05, 0.1) is 19.8 Å². The zero-order valence-corrected chi connectivity index (χ0v) is 18.0. The molecule has 0 rings (SSSR count). The van der Waals surface area contributed by atoms with Crippen molar-refractivity contribution in [3.8, 4) is 0 Å². The smallest absolute Gasteiger partial charge is 0.191 e. The van der Waals surface area contributed by atoms with Gasteiger partial charge in [0, 0.05) is 26.2 Å². The number of ether oxygens (including phenoxy) is 2. The number of hydrogen-bond donors (Lipinski definition) is 2. The molecule has 140 valence electrons. The Hall–Kier alpha value is -0.0800. The van der Waals surface area contributed by atoms with Crippen LogP contribution in [0.2, 0.25) is 0 Å². The van der Waals surface area contributed by atoms with Gasteiger partial charge in [-0.15, -0.1) is 24.0 Å². The van der Waals surface area contributed by atoms with Gasteiger partial charge in [-0.05, 0) is 32.1 Å². The molecule has 6 heteroatoms. The fraction of sp³-hybridized carbons (Fsp3) is 0.941. The van der Waals surface area contributed by atoms with E-state index in [0.717, 1.165) is 37.9 Å². The minimum absolute atomic E-state index is 0. The molecule has 0 saturated carbocycles. The molecule has 0 aliphatic heterocycles. The van der Waals surface area contributed by atoms with Gasteiger partial charge in [0.2, 0.25) is 0 Å². The molecule has 0 aromatic carbocycles. The van der Waals surface area contributed by atoms with E-state index in [1.165, 1.54) is 12.8 Å². The molecular formula is C17H38IN3O2. The van der Waals surface area contributed by atoms with Crippen molar-refractivity contribution in [2.75, 3.05) is 40.0 Å². The molecule has 0 aliphatic rings. The lowest BCUT2D eigenvalue weighted by Crippen LogP contribution is -2.43. The van der Waals surface area contributed by atoms with Crippen LogP contribution in [0.15, 0.2) is 4.99 Å². The van der Waals surface area contributed by atoms with Gasteiger partial charge in [0.1, 0.15) is 0 Å². The SMILES string of the molecule is CCCCOCCOCCNC(=NC)NC(C)CCC(C)C.I. The second-order valence-corrected chi connectivity index (χ2v) is 6.09. The van der Waals surface area contributed by atoms with Crippen LogP contribution in [0.5, 0.6) is 0 Å². The van der Waals surface area contributed by atoms with E-state index in [2.05, 4.69) is 43.3 Å². The third-order valence-corrected chi connectivity index (χ3v) is 3.34. The van der Waals surface area contributed by atoms with Gasteiger partial charge in [0.15, 0.2) is 5.96 Å². The van der Waals surface area contributed by atoms with E-state index >= 15 is 0 Å². The van der Waals surface area contributed by atoms with E-state index in [4.69, 9.17) is 9.47 Å². The van der Waals surface area contributed by atoms with E-state index < -0.39 is 0 Å². The summed E-state index contributed by atoms with van der Waals surface area (Å²) in [5.41, 5.74) is 0. The maximum absolute atomic E-state index is 5.52. The van der Waals surface area contributed by atoms with Crippen molar-refractivity contribution in [3.63, 3.8) is 0 Å². The molecular weight excluding hydrogens is 405 g/mol. The highest BCUT2D eigenvalue weighted by atomic mass is 127. The van der Waals surface area contributed by atoms with Crippen molar-refractivity contribution in [1.82, 2.24) is 10.6 Å². The third-order valence-electron chi connectivity index (χ3n) is 3.34. The molecule has 0 amide bonds. The van der Waals surface area contributed by atoms with Crippen molar-refractivity contribution < 1.29 is 9.47 Å². The average molecular weight is 443 g/mol. The molecule has 0 heterocycles.